The Morgan fingerprint density at radius 1 is 0.518 bits per heavy atom. The van der Waals surface area contributed by atoms with Gasteiger partial charge in [-0.1, -0.05) is 96.9 Å². The van der Waals surface area contributed by atoms with Gasteiger partial charge in [-0.05, 0) is 107 Å². The molecule has 0 aromatic carbocycles. The van der Waals surface area contributed by atoms with Crippen LogP contribution in [-0.4, -0.2) is 179 Å². The number of esters is 1. The van der Waals surface area contributed by atoms with Gasteiger partial charge in [0, 0.05) is 40.2 Å². The normalized spacial score (nSPS) is 28.5. The van der Waals surface area contributed by atoms with Crippen LogP contribution < -0.4 is 31.9 Å². The maximum Gasteiger partial charge on any atom is 0.311 e. The molecule has 83 heavy (non-hydrogen) atoms. The largest absolute Gasteiger partial charge is 0.452 e. The van der Waals surface area contributed by atoms with Gasteiger partial charge < -0.3 is 56.2 Å². The van der Waals surface area contributed by atoms with E-state index < -0.39 is 161 Å². The first-order valence-electron chi connectivity index (χ1n) is 30.1. The predicted molar refractivity (Wildman–Crippen MR) is 317 cm³/mol. The number of ether oxygens (including phenoxy) is 1. The minimum absolute atomic E-state index is 0.110. The Morgan fingerprint density at radius 3 is 1.49 bits per heavy atom. The maximum absolute atomic E-state index is 14.7. The Hall–Kier alpha value is -6.27. The second-order valence-corrected chi connectivity index (χ2v) is 25.7. The van der Waals surface area contributed by atoms with Crippen LogP contribution in [0.5, 0.6) is 0 Å². The van der Waals surface area contributed by atoms with Gasteiger partial charge in [-0.15, -0.1) is 12.3 Å². The first-order chi connectivity index (χ1) is 38.5. The minimum Gasteiger partial charge on any atom is -0.452 e. The van der Waals surface area contributed by atoms with E-state index in [2.05, 4.69) is 37.8 Å². The zero-order valence-corrected chi connectivity index (χ0v) is 53.6. The van der Waals surface area contributed by atoms with Gasteiger partial charge in [-0.2, -0.15) is 0 Å². The van der Waals surface area contributed by atoms with E-state index in [0.717, 1.165) is 4.90 Å². The molecule has 0 spiro atoms. The SMILES string of the molecule is C#CCCC[C@H]1NC(=O)C(C(C)C)N(C)C(=O)[C@H](C)NC(=O)[C@H](CC(C)C)NC(=O)[C@@H]2CCCN2C(=O)[C@H](CC(C)C)NC(=O)C(C(C)C)N(C)C(=O)[C@H](CC(C)C)NC(=O)[C@@H](C)N(C)C(=O)[C@H](C(C)C)NC(=O)[C@H](C(C)C)OC(=O)[C@H]1C. The smallest absolute Gasteiger partial charge is 0.311 e. The standard InChI is InChI=1S/C61H104N10O12/c1-22-23-24-26-42-39(16)61(82)83-50(38(14)15)56(77)67-47(35(8)9)60(81)68(19)41(18)51(72)65-44(30-33(4)5)58(79)70(21)49(37(12)13)55(76)66-45(31-34(6)7)59(80)71-28-25-27-46(71)53(74)64-43(29-32(2)3)52(73)62-40(17)57(78)69(20)48(36(10)11)54(75)63-42/h1,32-50H,23-31H2,2-21H3,(H,62,73)(H,63,75)(H,64,74)(H,65,72)(H,66,76)(H,67,77)/t39-,40-,41+,42+,43-,44-,45-,46-,47-,48?,49?,50-/m0/s1. The third kappa shape index (κ3) is 20.8. The number of nitrogens with one attached hydrogen (secondary N) is 6. The highest BCUT2D eigenvalue weighted by molar-refractivity contribution is 5.99. The van der Waals surface area contributed by atoms with Crippen LogP contribution >= 0.6 is 0 Å². The van der Waals surface area contributed by atoms with Crippen molar-refractivity contribution in [2.45, 2.75) is 236 Å². The lowest BCUT2D eigenvalue weighted by Gasteiger charge is -2.36. The highest BCUT2D eigenvalue weighted by atomic mass is 16.5. The van der Waals surface area contributed by atoms with Crippen molar-refractivity contribution < 1.29 is 57.5 Å². The molecule has 0 bridgehead atoms. The number of carbonyl (C=O) groups is 11. The fourth-order valence-electron chi connectivity index (χ4n) is 10.8. The molecule has 12 atom stereocenters. The van der Waals surface area contributed by atoms with Crippen molar-refractivity contribution in [1.82, 2.24) is 51.5 Å². The summed E-state index contributed by atoms with van der Waals surface area (Å²) in [5.74, 6) is -8.14. The minimum atomic E-state index is -1.41. The van der Waals surface area contributed by atoms with Gasteiger partial charge in [0.2, 0.25) is 53.2 Å². The van der Waals surface area contributed by atoms with E-state index in [4.69, 9.17) is 11.2 Å². The average Bonchev–Trinajstić information content (AvgIpc) is 3.97. The highest BCUT2D eigenvalue weighted by Gasteiger charge is 2.44. The fraction of sp³-hybridized carbons (Fsp3) is 0.787. The number of unbranched alkanes of at least 4 members (excludes halogenated alkanes) is 1. The quantitative estimate of drug-likeness (QED) is 0.0878. The Kier molecular flexibility index (Phi) is 29.2. The van der Waals surface area contributed by atoms with Crippen LogP contribution in [0.25, 0.3) is 0 Å². The number of hydrogen-bond donors (Lipinski definition) is 6. The number of fused-ring (bicyclic) bond motifs is 1. The van der Waals surface area contributed by atoms with Crippen LogP contribution in [0.4, 0.5) is 0 Å². The second-order valence-electron chi connectivity index (χ2n) is 25.7. The molecule has 22 nitrogen and oxygen atoms in total. The third-order valence-corrected chi connectivity index (χ3v) is 15.7. The number of amides is 10. The van der Waals surface area contributed by atoms with Crippen LogP contribution in [-0.2, 0) is 57.5 Å². The predicted octanol–water partition coefficient (Wildman–Crippen LogP) is 3.53. The summed E-state index contributed by atoms with van der Waals surface area (Å²) in [7, 11) is 4.29. The van der Waals surface area contributed by atoms with Crippen molar-refractivity contribution in [3.8, 4) is 12.3 Å². The molecular weight excluding hydrogens is 1060 g/mol. The highest BCUT2D eigenvalue weighted by Crippen LogP contribution is 2.24. The molecule has 0 aliphatic carbocycles. The van der Waals surface area contributed by atoms with E-state index in [1.807, 2.05) is 41.5 Å². The molecule has 2 rings (SSSR count). The molecule has 0 aromatic heterocycles. The van der Waals surface area contributed by atoms with Gasteiger partial charge in [-0.25, -0.2) is 0 Å². The summed E-state index contributed by atoms with van der Waals surface area (Å²) < 4.78 is 5.93. The summed E-state index contributed by atoms with van der Waals surface area (Å²) in [5.41, 5.74) is 0. The molecule has 6 N–H and O–H groups in total. The topological polar surface area (TPSA) is 282 Å². The van der Waals surface area contributed by atoms with Gasteiger partial charge in [0.1, 0.15) is 54.4 Å². The molecule has 2 heterocycles. The number of rotatable bonds is 13. The van der Waals surface area contributed by atoms with Gasteiger partial charge >= 0.3 is 5.97 Å². The van der Waals surface area contributed by atoms with E-state index in [1.165, 1.54) is 49.7 Å². The number of terminal acetylenes is 1. The van der Waals surface area contributed by atoms with Crippen LogP contribution in [0.2, 0.25) is 0 Å². The molecule has 2 aliphatic heterocycles. The lowest BCUT2D eigenvalue weighted by molar-refractivity contribution is -0.164. The second kappa shape index (κ2) is 33.3. The van der Waals surface area contributed by atoms with E-state index in [-0.39, 0.29) is 56.4 Å². The van der Waals surface area contributed by atoms with Crippen molar-refractivity contribution in [1.29, 1.82) is 0 Å². The molecule has 470 valence electrons. The van der Waals surface area contributed by atoms with Gasteiger partial charge in [0.05, 0.1) is 5.92 Å². The lowest BCUT2D eigenvalue weighted by Crippen LogP contribution is -2.61. The number of cyclic esters (lactones) is 1. The number of hydrogen-bond acceptors (Lipinski definition) is 12. The maximum atomic E-state index is 14.7. The van der Waals surface area contributed by atoms with Crippen molar-refractivity contribution in [3.05, 3.63) is 0 Å². The van der Waals surface area contributed by atoms with Crippen molar-refractivity contribution in [3.63, 3.8) is 0 Å². The van der Waals surface area contributed by atoms with Crippen molar-refractivity contribution >= 4 is 65.0 Å². The van der Waals surface area contributed by atoms with Crippen LogP contribution in [0.15, 0.2) is 0 Å². The molecule has 2 aliphatic rings. The summed E-state index contributed by atoms with van der Waals surface area (Å²) in [5, 5.41) is 17.0. The molecular formula is C61H104N10O12. The number of carbonyl (C=O) groups excluding carboxylic acids is 11. The Bertz CT molecular complexity index is 2310. The van der Waals surface area contributed by atoms with E-state index >= 15 is 0 Å². The Labute approximate surface area is 495 Å². The summed E-state index contributed by atoms with van der Waals surface area (Å²) in [4.78, 5) is 163. The monoisotopic (exact) mass is 1170 g/mol. The van der Waals surface area contributed by atoms with Gasteiger partial charge in [0.15, 0.2) is 6.10 Å². The molecule has 2 saturated heterocycles. The van der Waals surface area contributed by atoms with Crippen LogP contribution in [0.1, 0.15) is 169 Å². The average molecular weight is 1170 g/mol. The molecule has 0 saturated carbocycles. The Balaban J connectivity index is 2.84. The number of likely N-dealkylation sites (N-methyl/N-ethyl adjacent to an activating group) is 3. The fourth-order valence-corrected chi connectivity index (χ4v) is 10.8. The molecule has 2 fully saturated rings. The van der Waals surface area contributed by atoms with Gasteiger partial charge in [-0.3, -0.25) is 52.7 Å². The summed E-state index contributed by atoms with van der Waals surface area (Å²) in [6.07, 6.45) is 6.34. The van der Waals surface area contributed by atoms with E-state index in [1.54, 1.807) is 62.3 Å². The van der Waals surface area contributed by atoms with E-state index in [0.29, 0.717) is 19.3 Å². The third-order valence-electron chi connectivity index (χ3n) is 15.7. The van der Waals surface area contributed by atoms with Crippen LogP contribution in [0.3, 0.4) is 0 Å². The molecule has 22 heteroatoms. The summed E-state index contributed by atoms with van der Waals surface area (Å²) in [6, 6.07) is -11.2. The molecule has 10 amide bonds. The molecule has 0 aromatic rings. The Morgan fingerprint density at radius 2 is 1.00 bits per heavy atom. The first kappa shape index (κ1) is 72.8. The summed E-state index contributed by atoms with van der Waals surface area (Å²) in [6.45, 7) is 29.6. The van der Waals surface area contributed by atoms with Crippen molar-refractivity contribution in [2.75, 3.05) is 27.7 Å². The first-order valence-corrected chi connectivity index (χ1v) is 30.1. The van der Waals surface area contributed by atoms with Crippen molar-refractivity contribution in [2.24, 2.45) is 47.3 Å². The van der Waals surface area contributed by atoms with Gasteiger partial charge in [0.25, 0.3) is 5.91 Å². The lowest BCUT2D eigenvalue weighted by atomic mass is 9.94. The van der Waals surface area contributed by atoms with Crippen LogP contribution in [0, 0.1) is 59.7 Å². The molecule has 2 unspecified atom stereocenters. The number of nitrogens with zero attached hydrogens (tertiary/aromatic N) is 4. The molecule has 0 radical (unpaired) electrons. The zero-order valence-electron chi connectivity index (χ0n) is 53.6. The summed E-state index contributed by atoms with van der Waals surface area (Å²) >= 11 is 0. The zero-order chi connectivity index (χ0) is 63.7. The van der Waals surface area contributed by atoms with E-state index in [9.17, 15) is 52.7 Å².